The summed E-state index contributed by atoms with van der Waals surface area (Å²) in [7, 11) is 1.46. The minimum atomic E-state index is -4.40. The fourth-order valence-electron chi connectivity index (χ4n) is 3.19. The highest BCUT2D eigenvalue weighted by molar-refractivity contribution is 6.32. The zero-order valence-corrected chi connectivity index (χ0v) is 16.5. The maximum Gasteiger partial charge on any atom is 0.408 e. The number of alkyl halides is 3. The lowest BCUT2D eigenvalue weighted by Gasteiger charge is -2.06. The molecule has 0 aliphatic heterocycles. The molecule has 0 atom stereocenters. The van der Waals surface area contributed by atoms with Crippen LogP contribution in [0.2, 0.25) is 5.02 Å². The predicted octanol–water partition coefficient (Wildman–Crippen LogP) is 4.52. The molecule has 0 amide bonds. The van der Waals surface area contributed by atoms with Crippen LogP contribution in [0.3, 0.4) is 0 Å². The number of pyridine rings is 2. The fourth-order valence-corrected chi connectivity index (χ4v) is 3.44. The number of aryl methyl sites for hydroxylation is 1. The second-order valence-corrected chi connectivity index (χ2v) is 7.04. The minimum Gasteiger partial charge on any atom is -0.494 e. The van der Waals surface area contributed by atoms with Crippen LogP contribution in [0.15, 0.2) is 36.9 Å². The Labute approximate surface area is 173 Å². The lowest BCUT2D eigenvalue weighted by Crippen LogP contribution is -2.17. The van der Waals surface area contributed by atoms with Crippen molar-refractivity contribution in [1.29, 1.82) is 0 Å². The van der Waals surface area contributed by atoms with Gasteiger partial charge in [0.1, 0.15) is 11.6 Å². The number of ether oxygens (including phenoxy) is 1. The molecule has 156 valence electrons. The van der Waals surface area contributed by atoms with E-state index in [-0.39, 0.29) is 17.4 Å². The van der Waals surface area contributed by atoms with E-state index in [0.717, 1.165) is 10.2 Å². The van der Waals surface area contributed by atoms with Crippen molar-refractivity contribution >= 4 is 22.5 Å². The van der Waals surface area contributed by atoms with Gasteiger partial charge in [-0.15, -0.1) is 0 Å². The largest absolute Gasteiger partial charge is 0.494 e. The van der Waals surface area contributed by atoms with Crippen molar-refractivity contribution in [2.45, 2.75) is 19.6 Å². The molecular formula is C19H15ClF3N5O2. The number of methoxy groups -OCH3 is 1. The van der Waals surface area contributed by atoms with Crippen molar-refractivity contribution in [3.05, 3.63) is 47.5 Å². The molecule has 0 bridgehead atoms. The summed E-state index contributed by atoms with van der Waals surface area (Å²) >= 11 is 6.15. The van der Waals surface area contributed by atoms with E-state index < -0.39 is 12.7 Å². The molecule has 0 saturated heterocycles. The number of aromatic hydroxyl groups is 1. The van der Waals surface area contributed by atoms with E-state index in [1.807, 2.05) is 0 Å². The Kier molecular flexibility index (Phi) is 4.81. The number of fused-ring (bicyclic) bond motifs is 1. The van der Waals surface area contributed by atoms with E-state index in [4.69, 9.17) is 16.3 Å². The van der Waals surface area contributed by atoms with Gasteiger partial charge in [-0.25, -0.2) is 9.97 Å². The van der Waals surface area contributed by atoms with Crippen molar-refractivity contribution < 1.29 is 23.0 Å². The molecule has 0 aliphatic rings. The van der Waals surface area contributed by atoms with Crippen LogP contribution in [-0.4, -0.2) is 42.7 Å². The van der Waals surface area contributed by atoms with Gasteiger partial charge in [-0.05, 0) is 24.6 Å². The van der Waals surface area contributed by atoms with E-state index in [0.29, 0.717) is 27.2 Å². The first-order valence-corrected chi connectivity index (χ1v) is 9.05. The molecular weight excluding hydrogens is 423 g/mol. The summed E-state index contributed by atoms with van der Waals surface area (Å²) in [6.07, 6.45) is 1.15. The average molecular weight is 438 g/mol. The first-order valence-electron chi connectivity index (χ1n) is 8.67. The third-order valence-electron chi connectivity index (χ3n) is 4.48. The first-order chi connectivity index (χ1) is 14.2. The van der Waals surface area contributed by atoms with Gasteiger partial charge in [-0.2, -0.15) is 18.3 Å². The molecule has 0 saturated carbocycles. The lowest BCUT2D eigenvalue weighted by molar-refractivity contribution is -0.142. The highest BCUT2D eigenvalue weighted by atomic mass is 35.5. The number of nitrogens with zero attached hydrogens (tertiary/aromatic N) is 5. The maximum atomic E-state index is 12.6. The van der Waals surface area contributed by atoms with Gasteiger partial charge in [-0.1, -0.05) is 11.6 Å². The Morgan fingerprint density at radius 3 is 2.63 bits per heavy atom. The third kappa shape index (κ3) is 3.65. The van der Waals surface area contributed by atoms with E-state index in [2.05, 4.69) is 15.1 Å². The van der Waals surface area contributed by atoms with Crippen LogP contribution < -0.4 is 4.74 Å². The van der Waals surface area contributed by atoms with Crippen LogP contribution in [0.5, 0.6) is 11.8 Å². The monoisotopic (exact) mass is 437 g/mol. The molecule has 0 aromatic carbocycles. The van der Waals surface area contributed by atoms with Gasteiger partial charge < -0.3 is 9.84 Å². The van der Waals surface area contributed by atoms with E-state index >= 15 is 0 Å². The molecule has 0 unspecified atom stereocenters. The van der Waals surface area contributed by atoms with E-state index in [9.17, 15) is 18.3 Å². The number of aromatic nitrogens is 5. The zero-order chi connectivity index (χ0) is 21.6. The molecule has 1 N–H and O–H groups in total. The molecule has 4 heterocycles. The van der Waals surface area contributed by atoms with Crippen LogP contribution in [0.1, 0.15) is 5.56 Å². The highest BCUT2D eigenvalue weighted by Gasteiger charge is 2.28. The van der Waals surface area contributed by atoms with Crippen LogP contribution >= 0.6 is 11.6 Å². The molecule has 0 radical (unpaired) electrons. The second kappa shape index (κ2) is 7.21. The van der Waals surface area contributed by atoms with Crippen molar-refractivity contribution in [2.75, 3.05) is 7.11 Å². The Hall–Kier alpha value is -3.27. The molecule has 4 aromatic heterocycles. The maximum absolute atomic E-state index is 12.6. The van der Waals surface area contributed by atoms with Gasteiger partial charge in [0.05, 0.1) is 35.6 Å². The molecule has 11 heteroatoms. The van der Waals surface area contributed by atoms with E-state index in [1.165, 1.54) is 30.3 Å². The van der Waals surface area contributed by atoms with Crippen LogP contribution in [0, 0.1) is 6.92 Å². The van der Waals surface area contributed by atoms with Gasteiger partial charge in [-0.3, -0.25) is 9.25 Å². The Morgan fingerprint density at radius 1 is 1.20 bits per heavy atom. The van der Waals surface area contributed by atoms with Crippen molar-refractivity contribution in [3.63, 3.8) is 0 Å². The van der Waals surface area contributed by atoms with Gasteiger partial charge in [0, 0.05) is 24.2 Å². The quantitative estimate of drug-likeness (QED) is 0.508. The van der Waals surface area contributed by atoms with Crippen LogP contribution in [0.25, 0.3) is 27.8 Å². The summed E-state index contributed by atoms with van der Waals surface area (Å²) < 4.78 is 44.9. The Morgan fingerprint density at radius 2 is 1.97 bits per heavy atom. The number of rotatable bonds is 4. The average Bonchev–Trinajstić information content (AvgIpc) is 3.24. The van der Waals surface area contributed by atoms with Crippen molar-refractivity contribution in [1.82, 2.24) is 24.3 Å². The van der Waals surface area contributed by atoms with Crippen LogP contribution in [-0.2, 0) is 6.54 Å². The third-order valence-corrected chi connectivity index (χ3v) is 4.75. The zero-order valence-electron chi connectivity index (χ0n) is 15.8. The summed E-state index contributed by atoms with van der Waals surface area (Å²) in [5, 5.41) is 15.2. The highest BCUT2D eigenvalue weighted by Crippen LogP contribution is 2.35. The number of hydrogen-bond acceptors (Lipinski definition) is 5. The molecule has 0 spiro atoms. The standard InChI is InChI=1S/C19H15ClF3N5O2/c1-10-3-14(11-4-13(20)17(30-2)24-5-11)26-15-8-28(18(29)16(10)15)12-6-25-27(7-12)9-19(21,22)23/h3-8,29H,9H2,1-2H3. The lowest BCUT2D eigenvalue weighted by atomic mass is 10.1. The van der Waals surface area contributed by atoms with Crippen molar-refractivity contribution in [3.8, 4) is 28.7 Å². The SMILES string of the molecule is COc1ncc(-c2cc(C)c3c(O)n(-c4cnn(CC(F)(F)F)c4)cc3n2)cc1Cl. The predicted molar refractivity (Wildman–Crippen MR) is 104 cm³/mol. The minimum absolute atomic E-state index is 0.140. The smallest absolute Gasteiger partial charge is 0.408 e. The topological polar surface area (TPSA) is 78.0 Å². The summed E-state index contributed by atoms with van der Waals surface area (Å²) in [4.78, 5) is 8.68. The molecule has 7 nitrogen and oxygen atoms in total. The molecule has 4 rings (SSSR count). The Bertz CT molecular complexity index is 1250. The number of hydrogen-bond donors (Lipinski definition) is 1. The van der Waals surface area contributed by atoms with E-state index in [1.54, 1.807) is 25.3 Å². The van der Waals surface area contributed by atoms with Gasteiger partial charge in [0.15, 0.2) is 0 Å². The summed E-state index contributed by atoms with van der Waals surface area (Å²) in [5.74, 6) is 0.150. The summed E-state index contributed by atoms with van der Waals surface area (Å²) in [6.45, 7) is 0.574. The summed E-state index contributed by atoms with van der Waals surface area (Å²) in [6, 6.07) is 3.43. The van der Waals surface area contributed by atoms with Crippen LogP contribution in [0.4, 0.5) is 13.2 Å². The van der Waals surface area contributed by atoms with Gasteiger partial charge in [0.25, 0.3) is 0 Å². The van der Waals surface area contributed by atoms with Gasteiger partial charge >= 0.3 is 6.18 Å². The second-order valence-electron chi connectivity index (χ2n) is 6.63. The summed E-state index contributed by atoms with van der Waals surface area (Å²) in [5.41, 5.74) is 2.68. The number of halogens is 4. The molecule has 4 aromatic rings. The molecule has 0 aliphatic carbocycles. The normalized spacial score (nSPS) is 11.9. The molecule has 30 heavy (non-hydrogen) atoms. The van der Waals surface area contributed by atoms with Gasteiger partial charge in [0.2, 0.25) is 11.8 Å². The Balaban J connectivity index is 1.77. The molecule has 0 fully saturated rings. The fraction of sp³-hybridized carbons (Fsp3) is 0.211. The first kappa shape index (κ1) is 20.0. The van der Waals surface area contributed by atoms with Crippen molar-refractivity contribution in [2.24, 2.45) is 0 Å².